The molecule has 1 aromatic heterocycles. The standard InChI is InChI=1S/C16H16N4OS/c1-2-21-14-6-5-12-7-11(3-4-13(12)8-14)9-18-20-16-19-15(17)10-22-16/h3-10H,2,17H2,1H3,(H,19,20). The van der Waals surface area contributed by atoms with Gasteiger partial charge in [-0.2, -0.15) is 5.10 Å². The van der Waals surface area contributed by atoms with E-state index in [1.54, 1.807) is 11.6 Å². The van der Waals surface area contributed by atoms with Gasteiger partial charge in [-0.05, 0) is 41.5 Å². The number of nitrogens with zero attached hydrogens (tertiary/aromatic N) is 2. The first-order chi connectivity index (χ1) is 10.7. The van der Waals surface area contributed by atoms with Gasteiger partial charge in [-0.25, -0.2) is 4.98 Å². The Labute approximate surface area is 132 Å². The van der Waals surface area contributed by atoms with Crippen LogP contribution in [0, 0.1) is 0 Å². The van der Waals surface area contributed by atoms with Crippen LogP contribution in [0.25, 0.3) is 10.8 Å². The third kappa shape index (κ3) is 3.35. The van der Waals surface area contributed by atoms with E-state index in [2.05, 4.69) is 27.6 Å². The summed E-state index contributed by atoms with van der Waals surface area (Å²) in [5.41, 5.74) is 9.43. The number of nitrogens with two attached hydrogens (primary N) is 1. The van der Waals surface area contributed by atoms with E-state index >= 15 is 0 Å². The van der Waals surface area contributed by atoms with Crippen molar-refractivity contribution in [1.29, 1.82) is 0 Å². The van der Waals surface area contributed by atoms with Crippen molar-refractivity contribution < 1.29 is 4.74 Å². The molecule has 2 aromatic carbocycles. The molecule has 3 aromatic rings. The highest BCUT2D eigenvalue weighted by molar-refractivity contribution is 7.14. The third-order valence-corrected chi connectivity index (χ3v) is 3.81. The number of hydrogen-bond acceptors (Lipinski definition) is 6. The van der Waals surface area contributed by atoms with E-state index in [9.17, 15) is 0 Å². The molecule has 3 N–H and O–H groups in total. The normalized spacial score (nSPS) is 11.1. The number of benzene rings is 2. The van der Waals surface area contributed by atoms with E-state index in [-0.39, 0.29) is 0 Å². The maximum absolute atomic E-state index is 5.55. The van der Waals surface area contributed by atoms with E-state index in [0.717, 1.165) is 22.1 Å². The van der Waals surface area contributed by atoms with Gasteiger partial charge in [0.05, 0.1) is 12.8 Å². The molecule has 0 atom stereocenters. The summed E-state index contributed by atoms with van der Waals surface area (Å²) in [4.78, 5) is 4.08. The van der Waals surface area contributed by atoms with E-state index < -0.39 is 0 Å². The lowest BCUT2D eigenvalue weighted by molar-refractivity contribution is 0.341. The van der Waals surface area contributed by atoms with Crippen LogP contribution in [0.3, 0.4) is 0 Å². The third-order valence-electron chi connectivity index (χ3n) is 3.04. The second-order valence-corrected chi connectivity index (χ2v) is 5.51. The van der Waals surface area contributed by atoms with Gasteiger partial charge in [0.25, 0.3) is 0 Å². The fraction of sp³-hybridized carbons (Fsp3) is 0.125. The van der Waals surface area contributed by atoms with Crippen LogP contribution in [-0.4, -0.2) is 17.8 Å². The molecule has 0 unspecified atom stereocenters. The summed E-state index contributed by atoms with van der Waals surface area (Å²) in [5.74, 6) is 1.39. The monoisotopic (exact) mass is 312 g/mol. The largest absolute Gasteiger partial charge is 0.494 e. The molecule has 0 amide bonds. The molecule has 0 radical (unpaired) electrons. The molecule has 6 heteroatoms. The number of nitrogens with one attached hydrogen (secondary N) is 1. The average Bonchev–Trinajstić information content (AvgIpc) is 2.93. The maximum atomic E-state index is 5.55. The Morgan fingerprint density at radius 2 is 2.09 bits per heavy atom. The predicted octanol–water partition coefficient (Wildman–Crippen LogP) is 3.72. The summed E-state index contributed by atoms with van der Waals surface area (Å²) >= 11 is 1.42. The van der Waals surface area contributed by atoms with Gasteiger partial charge in [-0.15, -0.1) is 11.3 Å². The second kappa shape index (κ2) is 6.44. The van der Waals surface area contributed by atoms with Gasteiger partial charge >= 0.3 is 0 Å². The molecule has 3 rings (SSSR count). The van der Waals surface area contributed by atoms with Crippen LogP contribution in [0.5, 0.6) is 5.75 Å². The summed E-state index contributed by atoms with van der Waals surface area (Å²) in [7, 11) is 0. The topological polar surface area (TPSA) is 72.5 Å². The Balaban J connectivity index is 1.75. The maximum Gasteiger partial charge on any atom is 0.205 e. The van der Waals surface area contributed by atoms with Crippen molar-refractivity contribution >= 4 is 39.3 Å². The van der Waals surface area contributed by atoms with Gasteiger partial charge in [0.2, 0.25) is 5.13 Å². The van der Waals surface area contributed by atoms with Crippen LogP contribution >= 0.6 is 11.3 Å². The van der Waals surface area contributed by atoms with Crippen LogP contribution in [0.15, 0.2) is 46.9 Å². The number of nitrogen functional groups attached to an aromatic ring is 1. The Morgan fingerprint density at radius 1 is 1.27 bits per heavy atom. The zero-order valence-corrected chi connectivity index (χ0v) is 12.9. The van der Waals surface area contributed by atoms with Crippen LogP contribution < -0.4 is 15.9 Å². The molecule has 0 spiro atoms. The van der Waals surface area contributed by atoms with Crippen LogP contribution in [-0.2, 0) is 0 Å². The lowest BCUT2D eigenvalue weighted by Crippen LogP contribution is -1.92. The molecule has 0 saturated carbocycles. The van der Waals surface area contributed by atoms with E-state index in [0.29, 0.717) is 17.6 Å². The summed E-state index contributed by atoms with van der Waals surface area (Å²) < 4.78 is 5.51. The van der Waals surface area contributed by atoms with Gasteiger partial charge in [-0.1, -0.05) is 18.2 Å². The smallest absolute Gasteiger partial charge is 0.205 e. The molecule has 0 aliphatic carbocycles. The molecule has 0 bridgehead atoms. The fourth-order valence-corrected chi connectivity index (χ4v) is 2.63. The van der Waals surface area contributed by atoms with E-state index in [1.165, 1.54) is 11.3 Å². The van der Waals surface area contributed by atoms with E-state index in [4.69, 9.17) is 10.5 Å². The van der Waals surface area contributed by atoms with Gasteiger partial charge in [0, 0.05) is 5.38 Å². The van der Waals surface area contributed by atoms with Crippen molar-refractivity contribution in [2.75, 3.05) is 17.8 Å². The fourth-order valence-electron chi connectivity index (χ4n) is 2.08. The highest BCUT2D eigenvalue weighted by atomic mass is 32.1. The zero-order chi connectivity index (χ0) is 15.4. The van der Waals surface area contributed by atoms with Crippen LogP contribution in [0.4, 0.5) is 10.9 Å². The molecule has 5 nitrogen and oxygen atoms in total. The Bertz CT molecular complexity index is 813. The lowest BCUT2D eigenvalue weighted by atomic mass is 10.1. The van der Waals surface area contributed by atoms with Crippen molar-refractivity contribution in [3.05, 3.63) is 47.3 Å². The van der Waals surface area contributed by atoms with Gasteiger partial charge < -0.3 is 10.5 Å². The summed E-state index contributed by atoms with van der Waals surface area (Å²) in [6.45, 7) is 2.65. The van der Waals surface area contributed by atoms with Gasteiger partial charge in [0.1, 0.15) is 11.6 Å². The minimum absolute atomic E-state index is 0.499. The predicted molar refractivity (Wildman–Crippen MR) is 92.9 cm³/mol. The Kier molecular flexibility index (Phi) is 4.20. The molecule has 0 aliphatic heterocycles. The molecule has 0 aliphatic rings. The molecule has 22 heavy (non-hydrogen) atoms. The number of aromatic nitrogens is 1. The molecular formula is C16H16N4OS. The number of hydrogen-bond donors (Lipinski definition) is 2. The lowest BCUT2D eigenvalue weighted by Gasteiger charge is -2.05. The first kappa shape index (κ1) is 14.3. The minimum atomic E-state index is 0.499. The molecule has 1 heterocycles. The number of hydrazone groups is 1. The Morgan fingerprint density at radius 3 is 2.86 bits per heavy atom. The number of rotatable bonds is 5. The quantitative estimate of drug-likeness (QED) is 0.556. The van der Waals surface area contributed by atoms with E-state index in [1.807, 2.05) is 31.2 Å². The number of fused-ring (bicyclic) bond motifs is 1. The first-order valence-electron chi connectivity index (χ1n) is 6.91. The highest BCUT2D eigenvalue weighted by Gasteiger charge is 1.99. The highest BCUT2D eigenvalue weighted by Crippen LogP contribution is 2.22. The average molecular weight is 312 g/mol. The van der Waals surface area contributed by atoms with Gasteiger partial charge in [-0.3, -0.25) is 5.43 Å². The van der Waals surface area contributed by atoms with Crippen molar-refractivity contribution in [2.24, 2.45) is 5.10 Å². The minimum Gasteiger partial charge on any atom is -0.494 e. The van der Waals surface area contributed by atoms with Crippen LogP contribution in [0.2, 0.25) is 0 Å². The Hall–Kier alpha value is -2.60. The van der Waals surface area contributed by atoms with Crippen molar-refractivity contribution in [1.82, 2.24) is 4.98 Å². The molecule has 112 valence electrons. The molecule has 0 fully saturated rings. The van der Waals surface area contributed by atoms with Crippen molar-refractivity contribution in [3.8, 4) is 5.75 Å². The van der Waals surface area contributed by atoms with Crippen molar-refractivity contribution in [2.45, 2.75) is 6.92 Å². The molecular weight excluding hydrogens is 296 g/mol. The van der Waals surface area contributed by atoms with Gasteiger partial charge in [0.15, 0.2) is 0 Å². The zero-order valence-electron chi connectivity index (χ0n) is 12.1. The number of anilines is 2. The van der Waals surface area contributed by atoms with Crippen LogP contribution in [0.1, 0.15) is 12.5 Å². The summed E-state index contributed by atoms with van der Waals surface area (Å²) in [6.07, 6.45) is 1.76. The summed E-state index contributed by atoms with van der Waals surface area (Å²) in [6, 6.07) is 12.2. The summed E-state index contributed by atoms with van der Waals surface area (Å²) in [5, 5.41) is 8.90. The first-order valence-corrected chi connectivity index (χ1v) is 7.79. The van der Waals surface area contributed by atoms with Crippen molar-refractivity contribution in [3.63, 3.8) is 0 Å². The number of thiazole rings is 1. The number of ether oxygens (including phenoxy) is 1. The molecule has 0 saturated heterocycles. The second-order valence-electron chi connectivity index (χ2n) is 4.65. The SMILES string of the molecule is CCOc1ccc2cc(C=NNc3nc(N)cs3)ccc2c1.